The number of hydrogen-bond acceptors (Lipinski definition) is 4. The average molecular weight is 429 g/mol. The van der Waals surface area contributed by atoms with Crippen LogP contribution in [-0.2, 0) is 10.1 Å². The summed E-state index contributed by atoms with van der Waals surface area (Å²) in [5, 5.41) is 21.3. The van der Waals surface area contributed by atoms with E-state index in [1.165, 1.54) is 25.7 Å². The molecule has 10 unspecified atom stereocenters. The maximum absolute atomic E-state index is 11.2. The predicted molar refractivity (Wildman–Crippen MR) is 113 cm³/mol. The molecule has 0 amide bonds. The van der Waals surface area contributed by atoms with Crippen LogP contribution in [0.15, 0.2) is 0 Å². The van der Waals surface area contributed by atoms with Crippen molar-refractivity contribution in [1.82, 2.24) is 0 Å². The molecule has 3 N–H and O–H groups in total. The van der Waals surface area contributed by atoms with Gasteiger partial charge < -0.3 is 10.2 Å². The van der Waals surface area contributed by atoms with Crippen LogP contribution in [0, 0.1) is 46.8 Å². The molecule has 29 heavy (non-hydrogen) atoms. The molecule has 0 bridgehead atoms. The molecule has 5 nitrogen and oxygen atoms in total. The first-order chi connectivity index (χ1) is 13.6. The molecule has 0 saturated heterocycles. The number of fused-ring (bicyclic) bond motifs is 5. The van der Waals surface area contributed by atoms with Gasteiger partial charge in [0.15, 0.2) is 0 Å². The van der Waals surface area contributed by atoms with Gasteiger partial charge in [0.2, 0.25) is 0 Å². The van der Waals surface area contributed by atoms with Gasteiger partial charge in [-0.25, -0.2) is 0 Å². The van der Waals surface area contributed by atoms with Crippen LogP contribution in [-0.4, -0.2) is 41.1 Å². The van der Waals surface area contributed by atoms with Crippen molar-refractivity contribution in [2.24, 2.45) is 46.8 Å². The lowest BCUT2D eigenvalue weighted by Crippen LogP contribution is -2.56. The minimum absolute atomic E-state index is 0.132. The Balaban J connectivity index is 1.44. The first-order valence-corrected chi connectivity index (χ1v) is 13.5. The highest BCUT2D eigenvalue weighted by Crippen LogP contribution is 2.64. The third kappa shape index (κ3) is 4.16. The Morgan fingerprint density at radius 3 is 2.48 bits per heavy atom. The lowest BCUT2D eigenvalue weighted by Gasteiger charge is -2.60. The lowest BCUT2D eigenvalue weighted by molar-refractivity contribution is -0.158. The fourth-order valence-electron chi connectivity index (χ4n) is 8.43. The van der Waals surface area contributed by atoms with E-state index in [4.69, 9.17) is 4.55 Å². The molecule has 4 fully saturated rings. The summed E-state index contributed by atoms with van der Waals surface area (Å²) in [6.07, 6.45) is 9.50. The SMILES string of the molecule is CC(CCCS(=O)(=O)O)C1CCC2C1CCC1C2C(O)CC2CC(O)CCC21C. The number of aliphatic hydroxyl groups is 2. The summed E-state index contributed by atoms with van der Waals surface area (Å²) >= 11 is 0. The second kappa shape index (κ2) is 8.07. The Bertz CT molecular complexity index is 693. The molecule has 4 aliphatic carbocycles. The van der Waals surface area contributed by atoms with E-state index >= 15 is 0 Å². The van der Waals surface area contributed by atoms with Gasteiger partial charge in [0.1, 0.15) is 0 Å². The summed E-state index contributed by atoms with van der Waals surface area (Å²) < 4.78 is 31.1. The fraction of sp³-hybridized carbons (Fsp3) is 1.00. The molecule has 0 aromatic rings. The van der Waals surface area contributed by atoms with Crippen LogP contribution in [0.4, 0.5) is 0 Å². The monoisotopic (exact) mass is 428 g/mol. The Morgan fingerprint density at radius 1 is 1.03 bits per heavy atom. The molecule has 4 rings (SSSR count). The van der Waals surface area contributed by atoms with Crippen molar-refractivity contribution < 1.29 is 23.2 Å². The molecule has 0 radical (unpaired) electrons. The number of aliphatic hydroxyl groups excluding tert-OH is 2. The van der Waals surface area contributed by atoms with Crippen LogP contribution in [0.25, 0.3) is 0 Å². The van der Waals surface area contributed by atoms with Crippen molar-refractivity contribution in [2.75, 3.05) is 5.75 Å². The molecule has 0 aromatic heterocycles. The predicted octanol–water partition coefficient (Wildman–Crippen LogP) is 3.89. The van der Waals surface area contributed by atoms with Gasteiger partial charge in [-0.05, 0) is 111 Å². The molecule has 4 saturated carbocycles. The average Bonchev–Trinajstić information content (AvgIpc) is 3.06. The van der Waals surface area contributed by atoms with Gasteiger partial charge in [-0.1, -0.05) is 13.8 Å². The molecule has 0 heterocycles. The zero-order valence-corrected chi connectivity index (χ0v) is 18.9. The Morgan fingerprint density at radius 2 is 1.76 bits per heavy atom. The first-order valence-electron chi connectivity index (χ1n) is 11.9. The molecule has 6 heteroatoms. The smallest absolute Gasteiger partial charge is 0.264 e. The van der Waals surface area contributed by atoms with E-state index in [0.29, 0.717) is 47.8 Å². The van der Waals surface area contributed by atoms with Crippen molar-refractivity contribution >= 4 is 10.1 Å². The highest BCUT2D eigenvalue weighted by atomic mass is 32.2. The van der Waals surface area contributed by atoms with Gasteiger partial charge in [-0.2, -0.15) is 8.42 Å². The van der Waals surface area contributed by atoms with E-state index in [2.05, 4.69) is 13.8 Å². The van der Waals surface area contributed by atoms with Crippen LogP contribution in [0.5, 0.6) is 0 Å². The van der Waals surface area contributed by atoms with Gasteiger partial charge in [-0.3, -0.25) is 4.55 Å². The van der Waals surface area contributed by atoms with E-state index in [1.54, 1.807) is 0 Å². The number of hydrogen-bond donors (Lipinski definition) is 3. The van der Waals surface area contributed by atoms with Crippen LogP contribution in [0.1, 0.15) is 78.1 Å². The van der Waals surface area contributed by atoms with E-state index in [9.17, 15) is 18.6 Å². The van der Waals surface area contributed by atoms with Gasteiger partial charge in [0, 0.05) is 0 Å². The topological polar surface area (TPSA) is 94.8 Å². The minimum atomic E-state index is -3.86. The van der Waals surface area contributed by atoms with Crippen LogP contribution in [0.3, 0.4) is 0 Å². The van der Waals surface area contributed by atoms with Crippen molar-refractivity contribution in [1.29, 1.82) is 0 Å². The third-order valence-electron chi connectivity index (χ3n) is 9.82. The second-order valence-electron chi connectivity index (χ2n) is 11.2. The van der Waals surface area contributed by atoms with Crippen molar-refractivity contribution in [3.05, 3.63) is 0 Å². The summed E-state index contributed by atoms with van der Waals surface area (Å²) in [5.74, 6) is 3.65. The van der Waals surface area contributed by atoms with Crippen molar-refractivity contribution in [3.8, 4) is 0 Å². The lowest BCUT2D eigenvalue weighted by atomic mass is 9.46. The first kappa shape index (κ1) is 22.0. The van der Waals surface area contributed by atoms with Crippen molar-refractivity contribution in [2.45, 2.75) is 90.3 Å². The Kier molecular flexibility index (Phi) is 6.13. The van der Waals surface area contributed by atoms with Gasteiger partial charge in [0.25, 0.3) is 10.1 Å². The maximum Gasteiger partial charge on any atom is 0.264 e. The normalized spacial score (nSPS) is 48.4. The molecule has 0 aromatic carbocycles. The van der Waals surface area contributed by atoms with Crippen LogP contribution in [0.2, 0.25) is 0 Å². The van der Waals surface area contributed by atoms with E-state index in [-0.39, 0.29) is 23.4 Å². The summed E-state index contributed by atoms with van der Waals surface area (Å²) in [7, 11) is -3.86. The van der Waals surface area contributed by atoms with E-state index in [1.807, 2.05) is 0 Å². The third-order valence-corrected chi connectivity index (χ3v) is 10.6. The van der Waals surface area contributed by atoms with E-state index < -0.39 is 10.1 Å². The van der Waals surface area contributed by atoms with Crippen LogP contribution >= 0.6 is 0 Å². The summed E-state index contributed by atoms with van der Waals surface area (Å²) in [6, 6.07) is 0. The Labute approximate surface area is 176 Å². The highest BCUT2D eigenvalue weighted by Gasteiger charge is 2.59. The van der Waals surface area contributed by atoms with Crippen molar-refractivity contribution in [3.63, 3.8) is 0 Å². The summed E-state index contributed by atoms with van der Waals surface area (Å²) in [4.78, 5) is 0. The summed E-state index contributed by atoms with van der Waals surface area (Å²) in [5.41, 5.74) is 0.271. The standard InChI is InChI=1S/C23H40O5S/c1-14(4-3-11-29(26,27)28)17-5-6-19-18(17)7-8-20-22(19)21(25)13-15-12-16(24)9-10-23(15,20)2/h14-22,24-25H,3-13H2,1-2H3,(H,26,27,28). The van der Waals surface area contributed by atoms with E-state index in [0.717, 1.165) is 32.1 Å². The molecule has 0 spiro atoms. The van der Waals surface area contributed by atoms with Crippen LogP contribution < -0.4 is 0 Å². The van der Waals surface area contributed by atoms with Gasteiger partial charge >= 0.3 is 0 Å². The molecule has 0 aliphatic heterocycles. The zero-order chi connectivity index (χ0) is 21.0. The zero-order valence-electron chi connectivity index (χ0n) is 18.0. The van der Waals surface area contributed by atoms with Gasteiger partial charge in [-0.15, -0.1) is 0 Å². The summed E-state index contributed by atoms with van der Waals surface area (Å²) in [6.45, 7) is 4.69. The highest BCUT2D eigenvalue weighted by molar-refractivity contribution is 7.85. The second-order valence-corrected chi connectivity index (χ2v) is 12.7. The van der Waals surface area contributed by atoms with Gasteiger partial charge in [0.05, 0.1) is 18.0 Å². The minimum Gasteiger partial charge on any atom is -0.393 e. The molecular formula is C23H40O5S. The molecular weight excluding hydrogens is 388 g/mol. The molecule has 10 atom stereocenters. The number of rotatable bonds is 5. The molecule has 4 aliphatic rings. The fourth-order valence-corrected chi connectivity index (χ4v) is 8.96. The Hall–Kier alpha value is -0.170. The quantitative estimate of drug-likeness (QED) is 0.578. The molecule has 168 valence electrons. The largest absolute Gasteiger partial charge is 0.393 e. The maximum atomic E-state index is 11.2.